The van der Waals surface area contributed by atoms with Crippen LogP contribution in [-0.2, 0) is 6.18 Å². The Balaban J connectivity index is 1.46. The van der Waals surface area contributed by atoms with Crippen LogP contribution in [0.5, 0.6) is 0 Å². The molecule has 1 aliphatic rings. The van der Waals surface area contributed by atoms with Gasteiger partial charge in [-0.25, -0.2) is 9.07 Å². The smallest absolute Gasteiger partial charge is 0.335 e. The summed E-state index contributed by atoms with van der Waals surface area (Å²) >= 11 is 5.98. The van der Waals surface area contributed by atoms with Gasteiger partial charge >= 0.3 is 6.18 Å². The lowest BCUT2D eigenvalue weighted by Crippen LogP contribution is -2.50. The molecule has 1 aromatic heterocycles. The second-order valence-electron chi connectivity index (χ2n) is 7.81. The Morgan fingerprint density at radius 2 is 1.56 bits per heavy atom. The number of aromatic nitrogens is 2. The quantitative estimate of drug-likeness (QED) is 0.500. The van der Waals surface area contributed by atoms with Crippen LogP contribution in [0.4, 0.5) is 17.6 Å². The van der Waals surface area contributed by atoms with Crippen molar-refractivity contribution >= 4 is 23.4 Å². The van der Waals surface area contributed by atoms with E-state index in [1.165, 1.54) is 34.0 Å². The van der Waals surface area contributed by atoms with Crippen LogP contribution in [0, 0.1) is 12.7 Å². The largest absolute Gasteiger partial charge is 0.416 e. The Kier molecular flexibility index (Phi) is 6.35. The number of halogens is 5. The van der Waals surface area contributed by atoms with Crippen molar-refractivity contribution in [3.8, 4) is 5.69 Å². The van der Waals surface area contributed by atoms with Gasteiger partial charge in [0.15, 0.2) is 0 Å². The molecule has 11 heteroatoms. The van der Waals surface area contributed by atoms with Gasteiger partial charge in [-0.2, -0.15) is 18.3 Å². The molecule has 2 amide bonds. The summed E-state index contributed by atoms with van der Waals surface area (Å²) in [6.45, 7) is 2.60. The average Bonchev–Trinajstić information content (AvgIpc) is 3.19. The van der Waals surface area contributed by atoms with Crippen LogP contribution >= 0.6 is 11.6 Å². The Morgan fingerprint density at radius 3 is 2.15 bits per heavy atom. The van der Waals surface area contributed by atoms with Crippen LogP contribution in [0.15, 0.2) is 48.7 Å². The molecule has 0 radical (unpaired) electrons. The first kappa shape index (κ1) is 23.7. The molecule has 0 spiro atoms. The summed E-state index contributed by atoms with van der Waals surface area (Å²) in [5, 5.41) is 4.13. The number of carbonyl (C=O) groups excluding carboxylic acids is 2. The third-order valence-electron chi connectivity index (χ3n) is 5.67. The molecule has 34 heavy (non-hydrogen) atoms. The molecule has 178 valence electrons. The molecular formula is C23H19ClF4N4O2. The summed E-state index contributed by atoms with van der Waals surface area (Å²) in [6, 6.07) is 8.25. The lowest BCUT2D eigenvalue weighted by molar-refractivity contribution is -0.137. The van der Waals surface area contributed by atoms with Crippen molar-refractivity contribution in [2.45, 2.75) is 13.1 Å². The van der Waals surface area contributed by atoms with E-state index in [9.17, 15) is 27.2 Å². The van der Waals surface area contributed by atoms with E-state index in [2.05, 4.69) is 5.10 Å². The number of rotatable bonds is 3. The van der Waals surface area contributed by atoms with Crippen molar-refractivity contribution in [3.05, 3.63) is 81.9 Å². The van der Waals surface area contributed by atoms with Gasteiger partial charge in [-0.3, -0.25) is 9.59 Å². The Morgan fingerprint density at radius 1 is 0.941 bits per heavy atom. The molecule has 1 saturated heterocycles. The number of benzene rings is 2. The molecule has 0 N–H and O–H groups in total. The van der Waals surface area contributed by atoms with E-state index < -0.39 is 17.6 Å². The Hall–Kier alpha value is -3.40. The fourth-order valence-electron chi connectivity index (χ4n) is 3.81. The van der Waals surface area contributed by atoms with Gasteiger partial charge in [0.25, 0.3) is 11.8 Å². The maximum absolute atomic E-state index is 13.3. The SMILES string of the molecule is Cc1c(C(=O)N2CCN(C(=O)c3ccc(F)cc3Cl)CC2)cnn1-c1cccc(C(F)(F)F)c1. The van der Waals surface area contributed by atoms with E-state index in [4.69, 9.17) is 11.6 Å². The van der Waals surface area contributed by atoms with Gasteiger partial charge in [-0.05, 0) is 43.3 Å². The van der Waals surface area contributed by atoms with Crippen LogP contribution in [0.1, 0.15) is 32.0 Å². The summed E-state index contributed by atoms with van der Waals surface area (Å²) in [4.78, 5) is 28.9. The van der Waals surface area contributed by atoms with E-state index in [0.717, 1.165) is 24.3 Å². The van der Waals surface area contributed by atoms with E-state index in [1.807, 2.05) is 0 Å². The van der Waals surface area contributed by atoms with Gasteiger partial charge in [0, 0.05) is 26.2 Å². The summed E-state index contributed by atoms with van der Waals surface area (Å²) < 4.78 is 53.7. The van der Waals surface area contributed by atoms with Crippen LogP contribution in [-0.4, -0.2) is 57.6 Å². The normalized spacial score (nSPS) is 14.4. The maximum Gasteiger partial charge on any atom is 0.416 e. The number of piperazine rings is 1. The zero-order valence-corrected chi connectivity index (χ0v) is 18.7. The van der Waals surface area contributed by atoms with Crippen LogP contribution in [0.25, 0.3) is 5.69 Å². The minimum atomic E-state index is -4.50. The molecule has 0 bridgehead atoms. The van der Waals surface area contributed by atoms with E-state index in [0.29, 0.717) is 5.69 Å². The number of hydrogen-bond acceptors (Lipinski definition) is 3. The lowest BCUT2D eigenvalue weighted by Gasteiger charge is -2.35. The molecule has 1 aliphatic heterocycles. The molecule has 0 atom stereocenters. The molecule has 0 unspecified atom stereocenters. The molecule has 2 aromatic carbocycles. The van der Waals surface area contributed by atoms with Crippen molar-refractivity contribution in [1.82, 2.24) is 19.6 Å². The first-order valence-corrected chi connectivity index (χ1v) is 10.7. The number of nitrogens with zero attached hydrogens (tertiary/aromatic N) is 4. The molecule has 6 nitrogen and oxygen atoms in total. The van der Waals surface area contributed by atoms with Gasteiger partial charge in [-0.15, -0.1) is 0 Å². The lowest BCUT2D eigenvalue weighted by atomic mass is 10.1. The van der Waals surface area contributed by atoms with Crippen LogP contribution < -0.4 is 0 Å². The highest BCUT2D eigenvalue weighted by atomic mass is 35.5. The number of alkyl halides is 3. The minimum Gasteiger partial charge on any atom is -0.335 e. The molecule has 0 aliphatic carbocycles. The van der Waals surface area contributed by atoms with Crippen molar-refractivity contribution < 1.29 is 27.2 Å². The molecular weight excluding hydrogens is 476 g/mol. The van der Waals surface area contributed by atoms with Gasteiger partial charge in [0.2, 0.25) is 0 Å². The topological polar surface area (TPSA) is 58.4 Å². The van der Waals surface area contributed by atoms with E-state index in [-0.39, 0.29) is 59.8 Å². The molecule has 1 fully saturated rings. The predicted molar refractivity (Wildman–Crippen MR) is 117 cm³/mol. The molecule has 0 saturated carbocycles. The van der Waals surface area contributed by atoms with Crippen molar-refractivity contribution in [3.63, 3.8) is 0 Å². The zero-order chi connectivity index (χ0) is 24.6. The monoisotopic (exact) mass is 494 g/mol. The summed E-state index contributed by atoms with van der Waals surface area (Å²) in [6.07, 6.45) is -3.17. The Labute approximate surface area is 197 Å². The van der Waals surface area contributed by atoms with Crippen molar-refractivity contribution in [2.24, 2.45) is 0 Å². The first-order valence-electron chi connectivity index (χ1n) is 10.3. The van der Waals surface area contributed by atoms with E-state index >= 15 is 0 Å². The fourth-order valence-corrected chi connectivity index (χ4v) is 4.06. The predicted octanol–water partition coefficient (Wildman–Crippen LogP) is 4.59. The number of amides is 2. The maximum atomic E-state index is 13.3. The zero-order valence-electron chi connectivity index (χ0n) is 17.9. The van der Waals surface area contributed by atoms with Gasteiger partial charge in [0.05, 0.1) is 39.3 Å². The van der Waals surface area contributed by atoms with Gasteiger partial charge < -0.3 is 9.80 Å². The number of carbonyl (C=O) groups is 2. The fraction of sp³-hybridized carbons (Fsp3) is 0.261. The molecule has 3 aromatic rings. The highest BCUT2D eigenvalue weighted by Gasteiger charge is 2.31. The first-order chi connectivity index (χ1) is 16.1. The summed E-state index contributed by atoms with van der Waals surface area (Å²) in [5.74, 6) is -1.23. The summed E-state index contributed by atoms with van der Waals surface area (Å²) in [7, 11) is 0. The standard InChI is InChI=1S/C23H19ClF4N4O2/c1-14-19(13-29-32(14)17-4-2-3-15(11-17)23(26,27)28)22(34)31-9-7-30(8-10-31)21(33)18-6-5-16(25)12-20(18)24/h2-6,11-13H,7-10H2,1H3. The molecule has 4 rings (SSSR count). The number of hydrogen-bond donors (Lipinski definition) is 0. The van der Waals surface area contributed by atoms with Crippen molar-refractivity contribution in [1.29, 1.82) is 0 Å². The second-order valence-corrected chi connectivity index (χ2v) is 8.22. The highest BCUT2D eigenvalue weighted by molar-refractivity contribution is 6.33. The minimum absolute atomic E-state index is 0.0149. The van der Waals surface area contributed by atoms with Crippen molar-refractivity contribution in [2.75, 3.05) is 26.2 Å². The van der Waals surface area contributed by atoms with Crippen LogP contribution in [0.2, 0.25) is 5.02 Å². The van der Waals surface area contributed by atoms with Gasteiger partial charge in [0.1, 0.15) is 5.82 Å². The summed E-state index contributed by atoms with van der Waals surface area (Å²) in [5.41, 5.74) is 0.230. The van der Waals surface area contributed by atoms with E-state index in [1.54, 1.807) is 11.8 Å². The highest BCUT2D eigenvalue weighted by Crippen LogP contribution is 2.30. The molecule has 2 heterocycles. The van der Waals surface area contributed by atoms with Gasteiger partial charge in [-0.1, -0.05) is 17.7 Å². The third-order valence-corrected chi connectivity index (χ3v) is 5.99. The third kappa shape index (κ3) is 4.63. The second kappa shape index (κ2) is 9.09. The average molecular weight is 495 g/mol. The van der Waals surface area contributed by atoms with Crippen LogP contribution in [0.3, 0.4) is 0 Å². The Bertz CT molecular complexity index is 1250.